The lowest BCUT2D eigenvalue weighted by atomic mass is 10.3. The van der Waals surface area contributed by atoms with Gasteiger partial charge >= 0.3 is 0 Å². The highest BCUT2D eigenvalue weighted by atomic mass is 79.9. The minimum atomic E-state index is 0.209. The molecule has 0 aliphatic heterocycles. The van der Waals surface area contributed by atoms with Gasteiger partial charge in [-0.05, 0) is 42.5 Å². The van der Waals surface area contributed by atoms with Crippen LogP contribution in [0.25, 0.3) is 0 Å². The summed E-state index contributed by atoms with van der Waals surface area (Å²) in [5, 5.41) is 10.2. The summed E-state index contributed by atoms with van der Waals surface area (Å²) in [7, 11) is 0. The zero-order valence-electron chi connectivity index (χ0n) is 8.15. The maximum atomic E-state index is 9.69. The molecule has 0 atom stereocenters. The van der Waals surface area contributed by atoms with E-state index in [0.717, 1.165) is 14.3 Å². The number of phenols is 1. The van der Waals surface area contributed by atoms with Gasteiger partial charge in [0.25, 0.3) is 0 Å². The monoisotopic (exact) mass is 314 g/mol. The van der Waals surface area contributed by atoms with Gasteiger partial charge in [0, 0.05) is 14.4 Å². The molecule has 4 heteroatoms. The second-order valence-corrected chi connectivity index (χ2v) is 5.64. The first kappa shape index (κ1) is 11.8. The quantitative estimate of drug-likeness (QED) is 0.845. The van der Waals surface area contributed by atoms with E-state index in [0.29, 0.717) is 5.02 Å². The second kappa shape index (κ2) is 5.13. The summed E-state index contributed by atoms with van der Waals surface area (Å²) in [6, 6.07) is 13.0. The van der Waals surface area contributed by atoms with Crippen LogP contribution in [0.15, 0.2) is 56.7 Å². The van der Waals surface area contributed by atoms with Crippen LogP contribution in [-0.4, -0.2) is 5.11 Å². The Hall–Kier alpha value is -0.640. The summed E-state index contributed by atoms with van der Waals surface area (Å²) >= 11 is 10.6. The highest BCUT2D eigenvalue weighted by Crippen LogP contribution is 2.36. The summed E-state index contributed by atoms with van der Waals surface area (Å²) in [5.41, 5.74) is 0. The van der Waals surface area contributed by atoms with Crippen molar-refractivity contribution in [2.75, 3.05) is 0 Å². The first-order valence-electron chi connectivity index (χ1n) is 4.57. The summed E-state index contributed by atoms with van der Waals surface area (Å²) < 4.78 is 1.04. The lowest BCUT2D eigenvalue weighted by Gasteiger charge is -2.04. The molecule has 0 aromatic heterocycles. The van der Waals surface area contributed by atoms with E-state index in [1.165, 1.54) is 11.8 Å². The van der Waals surface area contributed by atoms with Crippen LogP contribution in [0, 0.1) is 0 Å². The molecule has 1 nitrogen and oxygen atoms in total. The Morgan fingerprint density at radius 1 is 1.06 bits per heavy atom. The van der Waals surface area contributed by atoms with Gasteiger partial charge in [-0.3, -0.25) is 0 Å². The van der Waals surface area contributed by atoms with Crippen molar-refractivity contribution >= 4 is 39.3 Å². The SMILES string of the molecule is Oc1cc(Cl)ccc1Sc1ccc(Br)cc1. The van der Waals surface area contributed by atoms with Crippen molar-refractivity contribution in [2.45, 2.75) is 9.79 Å². The van der Waals surface area contributed by atoms with Crippen molar-refractivity contribution in [3.8, 4) is 5.75 Å². The number of halogens is 2. The predicted octanol–water partition coefficient (Wildman–Crippen LogP) is 4.96. The average molecular weight is 316 g/mol. The van der Waals surface area contributed by atoms with Gasteiger partial charge in [0.1, 0.15) is 5.75 Å². The molecule has 0 unspecified atom stereocenters. The number of phenolic OH excluding ortho intramolecular Hbond substituents is 1. The minimum absolute atomic E-state index is 0.209. The standard InChI is InChI=1S/C12H8BrClOS/c13-8-1-4-10(5-2-8)16-12-6-3-9(14)7-11(12)15/h1-7,15H. The lowest BCUT2D eigenvalue weighted by Crippen LogP contribution is -1.75. The van der Waals surface area contributed by atoms with E-state index in [-0.39, 0.29) is 5.75 Å². The fourth-order valence-electron chi connectivity index (χ4n) is 1.21. The molecular formula is C12H8BrClOS. The maximum Gasteiger partial charge on any atom is 0.130 e. The smallest absolute Gasteiger partial charge is 0.130 e. The molecule has 0 fully saturated rings. The zero-order chi connectivity index (χ0) is 11.5. The molecular weight excluding hydrogens is 308 g/mol. The fourth-order valence-corrected chi connectivity index (χ4v) is 2.46. The molecule has 0 radical (unpaired) electrons. The van der Waals surface area contributed by atoms with Gasteiger partial charge in [-0.25, -0.2) is 0 Å². The molecule has 16 heavy (non-hydrogen) atoms. The maximum absolute atomic E-state index is 9.69. The Bertz CT molecular complexity index is 499. The lowest BCUT2D eigenvalue weighted by molar-refractivity contribution is 0.462. The number of aromatic hydroxyl groups is 1. The molecule has 1 N–H and O–H groups in total. The van der Waals surface area contributed by atoms with Crippen LogP contribution in [0.3, 0.4) is 0 Å². The Morgan fingerprint density at radius 3 is 2.38 bits per heavy atom. The first-order valence-corrected chi connectivity index (χ1v) is 6.56. The zero-order valence-corrected chi connectivity index (χ0v) is 11.3. The second-order valence-electron chi connectivity index (χ2n) is 3.17. The van der Waals surface area contributed by atoms with Crippen molar-refractivity contribution < 1.29 is 5.11 Å². The number of rotatable bonds is 2. The van der Waals surface area contributed by atoms with Crippen molar-refractivity contribution in [1.82, 2.24) is 0 Å². The Kier molecular flexibility index (Phi) is 3.79. The summed E-state index contributed by atoms with van der Waals surface area (Å²) in [5.74, 6) is 0.209. The van der Waals surface area contributed by atoms with Crippen molar-refractivity contribution in [1.29, 1.82) is 0 Å². The van der Waals surface area contributed by atoms with Gasteiger partial charge in [-0.2, -0.15) is 0 Å². The highest BCUT2D eigenvalue weighted by molar-refractivity contribution is 9.10. The van der Waals surface area contributed by atoms with E-state index in [2.05, 4.69) is 15.9 Å². The van der Waals surface area contributed by atoms with Gasteiger partial charge in [-0.1, -0.05) is 39.3 Å². The van der Waals surface area contributed by atoms with Crippen molar-refractivity contribution in [3.05, 3.63) is 52.0 Å². The third-order valence-electron chi connectivity index (χ3n) is 1.96. The van der Waals surface area contributed by atoms with Crippen LogP contribution in [-0.2, 0) is 0 Å². The molecule has 0 aliphatic carbocycles. The third kappa shape index (κ3) is 2.94. The Labute approximate surface area is 112 Å². The van der Waals surface area contributed by atoms with Crippen LogP contribution < -0.4 is 0 Å². The molecule has 82 valence electrons. The van der Waals surface area contributed by atoms with E-state index in [1.807, 2.05) is 30.3 Å². The van der Waals surface area contributed by atoms with Crippen LogP contribution in [0.5, 0.6) is 5.75 Å². The van der Waals surface area contributed by atoms with Gasteiger partial charge < -0.3 is 5.11 Å². The molecule has 0 bridgehead atoms. The van der Waals surface area contributed by atoms with Crippen LogP contribution in [0.4, 0.5) is 0 Å². The summed E-state index contributed by atoms with van der Waals surface area (Å²) in [4.78, 5) is 1.87. The Morgan fingerprint density at radius 2 is 1.75 bits per heavy atom. The molecule has 0 saturated heterocycles. The molecule has 0 amide bonds. The van der Waals surface area contributed by atoms with Gasteiger partial charge in [0.05, 0.1) is 4.90 Å². The molecule has 2 aromatic carbocycles. The van der Waals surface area contributed by atoms with Crippen molar-refractivity contribution in [3.63, 3.8) is 0 Å². The molecule has 0 heterocycles. The van der Waals surface area contributed by atoms with E-state index in [9.17, 15) is 5.11 Å². The Balaban J connectivity index is 2.23. The van der Waals surface area contributed by atoms with Crippen LogP contribution >= 0.6 is 39.3 Å². The highest BCUT2D eigenvalue weighted by Gasteiger charge is 2.03. The van der Waals surface area contributed by atoms with E-state index >= 15 is 0 Å². The largest absolute Gasteiger partial charge is 0.507 e. The van der Waals surface area contributed by atoms with E-state index < -0.39 is 0 Å². The molecule has 2 aromatic rings. The molecule has 0 aliphatic rings. The van der Waals surface area contributed by atoms with Gasteiger partial charge in [0.15, 0.2) is 0 Å². The van der Waals surface area contributed by atoms with Gasteiger partial charge in [0.2, 0.25) is 0 Å². The van der Waals surface area contributed by atoms with E-state index in [4.69, 9.17) is 11.6 Å². The normalized spacial score (nSPS) is 10.4. The minimum Gasteiger partial charge on any atom is -0.507 e. The molecule has 0 saturated carbocycles. The predicted molar refractivity (Wildman–Crippen MR) is 71.4 cm³/mol. The number of hydrogen-bond donors (Lipinski definition) is 1. The van der Waals surface area contributed by atoms with E-state index in [1.54, 1.807) is 12.1 Å². The molecule has 2 rings (SSSR count). The molecule has 0 spiro atoms. The third-order valence-corrected chi connectivity index (χ3v) is 3.80. The summed E-state index contributed by atoms with van der Waals surface area (Å²) in [6.07, 6.45) is 0. The van der Waals surface area contributed by atoms with Crippen molar-refractivity contribution in [2.24, 2.45) is 0 Å². The van der Waals surface area contributed by atoms with Crippen LogP contribution in [0.2, 0.25) is 5.02 Å². The first-order chi connectivity index (χ1) is 7.65. The average Bonchev–Trinajstić information content (AvgIpc) is 2.25. The van der Waals surface area contributed by atoms with Crippen LogP contribution in [0.1, 0.15) is 0 Å². The fraction of sp³-hybridized carbons (Fsp3) is 0. The summed E-state index contributed by atoms with van der Waals surface area (Å²) in [6.45, 7) is 0. The topological polar surface area (TPSA) is 20.2 Å². The number of hydrogen-bond acceptors (Lipinski definition) is 2. The number of benzene rings is 2. The van der Waals surface area contributed by atoms with Gasteiger partial charge in [-0.15, -0.1) is 0 Å².